The zero-order valence-electron chi connectivity index (χ0n) is 7.20. The van der Waals surface area contributed by atoms with Crippen LogP contribution in [0.3, 0.4) is 0 Å². The topological polar surface area (TPSA) is 61.9 Å². The molecule has 0 spiro atoms. The average Bonchev–Trinajstić information content (AvgIpc) is 2.84. The lowest BCUT2D eigenvalue weighted by Crippen LogP contribution is -2.00. The molecule has 1 aromatic heterocycles. The van der Waals surface area contributed by atoms with E-state index in [0.717, 1.165) is 0 Å². The summed E-state index contributed by atoms with van der Waals surface area (Å²) in [6.45, 7) is 0. The second-order valence-corrected chi connectivity index (χ2v) is 3.67. The number of oxazole rings is 1. The van der Waals surface area contributed by atoms with Gasteiger partial charge in [-0.15, -0.1) is 0 Å². The highest BCUT2D eigenvalue weighted by Crippen LogP contribution is 2.28. The van der Waals surface area contributed by atoms with Crippen LogP contribution in [0.15, 0.2) is 9.51 Å². The Labute approximate surface area is 80.3 Å². The van der Waals surface area contributed by atoms with Crippen molar-refractivity contribution in [1.82, 2.24) is 4.98 Å². The Bertz CT molecular complexity index is 351. The van der Waals surface area contributed by atoms with Crippen LogP contribution < -0.4 is 5.32 Å². The smallest absolute Gasteiger partial charge is 0.297 e. The van der Waals surface area contributed by atoms with Gasteiger partial charge in [-0.1, -0.05) is 11.8 Å². The summed E-state index contributed by atoms with van der Waals surface area (Å²) < 4.78 is 5.32. The molecule has 0 atom stereocenters. The quantitative estimate of drug-likeness (QED) is 0.746. The lowest BCUT2D eigenvalue weighted by molar-refractivity contribution is 0.482. The lowest BCUT2D eigenvalue weighted by Gasteiger charge is -1.94. The molecule has 0 aliphatic heterocycles. The molecule has 2 rings (SSSR count). The van der Waals surface area contributed by atoms with Gasteiger partial charge in [-0.2, -0.15) is 10.2 Å². The molecule has 1 heterocycles. The summed E-state index contributed by atoms with van der Waals surface area (Å²) in [6, 6.07) is 2.97. The summed E-state index contributed by atoms with van der Waals surface area (Å²) in [4.78, 5) is 4.02. The van der Waals surface area contributed by atoms with Crippen molar-refractivity contribution in [3.05, 3.63) is 5.69 Å². The van der Waals surface area contributed by atoms with Crippen molar-refractivity contribution >= 4 is 17.8 Å². The van der Waals surface area contributed by atoms with Crippen molar-refractivity contribution in [2.45, 2.75) is 24.0 Å². The first kappa shape index (κ1) is 8.45. The van der Waals surface area contributed by atoms with E-state index < -0.39 is 0 Å². The van der Waals surface area contributed by atoms with Crippen LogP contribution in [0.4, 0.5) is 6.01 Å². The molecular weight excluding hydrogens is 186 g/mol. The molecule has 0 bridgehead atoms. The summed E-state index contributed by atoms with van der Waals surface area (Å²) in [5.74, 6) is 0. The monoisotopic (exact) mass is 195 g/mol. The van der Waals surface area contributed by atoms with Crippen molar-refractivity contribution in [1.29, 1.82) is 5.26 Å². The standard InChI is InChI=1S/C8H9N3OS/c1-13-7-6(4-9)11-8(12-7)10-5-2-3-5/h5H,2-3H2,1H3,(H,10,11). The van der Waals surface area contributed by atoms with Crippen LogP contribution in [0.25, 0.3) is 0 Å². The highest BCUT2D eigenvalue weighted by molar-refractivity contribution is 7.98. The third-order valence-electron chi connectivity index (χ3n) is 1.79. The Hall–Kier alpha value is -1.15. The molecule has 0 saturated heterocycles. The minimum atomic E-state index is 0.371. The van der Waals surface area contributed by atoms with Crippen molar-refractivity contribution < 1.29 is 4.42 Å². The number of anilines is 1. The van der Waals surface area contributed by atoms with Crippen molar-refractivity contribution in [3.8, 4) is 6.07 Å². The number of nitrogens with one attached hydrogen (secondary N) is 1. The molecule has 0 aromatic carbocycles. The van der Waals surface area contributed by atoms with Crippen LogP contribution in [0.1, 0.15) is 18.5 Å². The second kappa shape index (κ2) is 3.30. The maximum atomic E-state index is 8.70. The molecule has 1 aliphatic carbocycles. The molecule has 0 radical (unpaired) electrons. The molecule has 1 N–H and O–H groups in total. The van der Waals surface area contributed by atoms with E-state index in [1.54, 1.807) is 0 Å². The molecule has 1 aromatic rings. The number of aromatic nitrogens is 1. The SMILES string of the molecule is CSc1oc(NC2CC2)nc1C#N. The molecular formula is C8H9N3OS. The summed E-state index contributed by atoms with van der Waals surface area (Å²) in [6.07, 6.45) is 4.19. The van der Waals surface area contributed by atoms with Gasteiger partial charge in [-0.3, -0.25) is 0 Å². The van der Waals surface area contributed by atoms with Crippen LogP contribution in [0.5, 0.6) is 0 Å². The van der Waals surface area contributed by atoms with Crippen molar-refractivity contribution in [2.75, 3.05) is 11.6 Å². The fourth-order valence-electron chi connectivity index (χ4n) is 0.979. The van der Waals surface area contributed by atoms with E-state index in [4.69, 9.17) is 9.68 Å². The zero-order chi connectivity index (χ0) is 9.26. The van der Waals surface area contributed by atoms with Crippen LogP contribution >= 0.6 is 11.8 Å². The summed E-state index contributed by atoms with van der Waals surface area (Å²) in [5.41, 5.74) is 0.371. The maximum Gasteiger partial charge on any atom is 0.297 e. The van der Waals surface area contributed by atoms with Gasteiger partial charge in [-0.05, 0) is 19.1 Å². The summed E-state index contributed by atoms with van der Waals surface area (Å²) in [5, 5.41) is 12.4. The van der Waals surface area contributed by atoms with Gasteiger partial charge >= 0.3 is 0 Å². The first-order valence-corrected chi connectivity index (χ1v) is 5.27. The minimum absolute atomic E-state index is 0.371. The van der Waals surface area contributed by atoms with Crippen LogP contribution in [0.2, 0.25) is 0 Å². The van der Waals surface area contributed by atoms with E-state index in [0.29, 0.717) is 22.8 Å². The van der Waals surface area contributed by atoms with Gasteiger partial charge in [0.15, 0.2) is 5.69 Å². The number of rotatable bonds is 3. The fourth-order valence-corrected chi connectivity index (χ4v) is 1.43. The fraction of sp³-hybridized carbons (Fsp3) is 0.500. The number of hydrogen-bond acceptors (Lipinski definition) is 5. The molecule has 1 fully saturated rings. The second-order valence-electron chi connectivity index (χ2n) is 2.89. The Morgan fingerprint density at radius 1 is 1.69 bits per heavy atom. The predicted molar refractivity (Wildman–Crippen MR) is 49.6 cm³/mol. The molecule has 1 saturated carbocycles. The zero-order valence-corrected chi connectivity index (χ0v) is 8.02. The number of nitriles is 1. The van der Waals surface area contributed by atoms with E-state index in [1.807, 2.05) is 12.3 Å². The Balaban J connectivity index is 2.17. The predicted octanol–water partition coefficient (Wildman–Crippen LogP) is 1.84. The molecule has 68 valence electrons. The van der Waals surface area contributed by atoms with Crippen LogP contribution in [0, 0.1) is 11.3 Å². The van der Waals surface area contributed by atoms with Gasteiger partial charge in [0.1, 0.15) is 6.07 Å². The highest BCUT2D eigenvalue weighted by atomic mass is 32.2. The lowest BCUT2D eigenvalue weighted by atomic mass is 10.5. The molecule has 5 heteroatoms. The van der Waals surface area contributed by atoms with Gasteiger partial charge < -0.3 is 9.73 Å². The normalized spacial score (nSPS) is 15.4. The van der Waals surface area contributed by atoms with E-state index >= 15 is 0 Å². The number of hydrogen-bond donors (Lipinski definition) is 1. The van der Waals surface area contributed by atoms with Crippen LogP contribution in [-0.4, -0.2) is 17.3 Å². The average molecular weight is 195 g/mol. The van der Waals surface area contributed by atoms with Crippen molar-refractivity contribution in [2.24, 2.45) is 0 Å². The molecule has 0 amide bonds. The number of nitrogens with zero attached hydrogens (tertiary/aromatic N) is 2. The first-order chi connectivity index (χ1) is 6.33. The van der Waals surface area contributed by atoms with E-state index in [9.17, 15) is 0 Å². The maximum absolute atomic E-state index is 8.70. The van der Waals surface area contributed by atoms with Gasteiger partial charge in [-0.25, -0.2) is 0 Å². The minimum Gasteiger partial charge on any atom is -0.416 e. The Morgan fingerprint density at radius 2 is 2.46 bits per heavy atom. The third kappa shape index (κ3) is 1.78. The van der Waals surface area contributed by atoms with Gasteiger partial charge in [0.25, 0.3) is 6.01 Å². The molecule has 13 heavy (non-hydrogen) atoms. The summed E-state index contributed by atoms with van der Waals surface area (Å²) >= 11 is 1.40. The molecule has 4 nitrogen and oxygen atoms in total. The van der Waals surface area contributed by atoms with Gasteiger partial charge in [0.2, 0.25) is 5.09 Å². The first-order valence-electron chi connectivity index (χ1n) is 4.05. The van der Waals surface area contributed by atoms with E-state index in [2.05, 4.69) is 10.3 Å². The Kier molecular flexibility index (Phi) is 2.15. The molecule has 0 unspecified atom stereocenters. The number of thioether (sulfide) groups is 1. The van der Waals surface area contributed by atoms with E-state index in [1.165, 1.54) is 24.6 Å². The highest BCUT2D eigenvalue weighted by Gasteiger charge is 2.23. The molecule has 1 aliphatic rings. The third-order valence-corrected chi connectivity index (χ3v) is 2.44. The Morgan fingerprint density at radius 3 is 2.92 bits per heavy atom. The summed E-state index contributed by atoms with van der Waals surface area (Å²) in [7, 11) is 0. The largest absolute Gasteiger partial charge is 0.416 e. The van der Waals surface area contributed by atoms with Gasteiger partial charge in [0.05, 0.1) is 0 Å². The van der Waals surface area contributed by atoms with Crippen LogP contribution in [-0.2, 0) is 0 Å². The van der Waals surface area contributed by atoms with Gasteiger partial charge in [0, 0.05) is 6.04 Å². The van der Waals surface area contributed by atoms with E-state index in [-0.39, 0.29) is 0 Å². The van der Waals surface area contributed by atoms with Crippen molar-refractivity contribution in [3.63, 3.8) is 0 Å².